The number of rotatable bonds is 3. The van der Waals surface area contributed by atoms with E-state index >= 15 is 0 Å². The van der Waals surface area contributed by atoms with E-state index in [1.807, 2.05) is 0 Å². The summed E-state index contributed by atoms with van der Waals surface area (Å²) in [5.74, 6) is 0.282. The number of halogens is 2. The highest BCUT2D eigenvalue weighted by Gasteiger charge is 2.04. The van der Waals surface area contributed by atoms with Gasteiger partial charge >= 0.3 is 0 Å². The highest BCUT2D eigenvalue weighted by molar-refractivity contribution is 9.10. The first-order valence-electron chi connectivity index (χ1n) is 5.04. The third-order valence-electron chi connectivity index (χ3n) is 2.24. The van der Waals surface area contributed by atoms with Crippen LogP contribution < -0.4 is 11.1 Å². The van der Waals surface area contributed by atoms with Crippen molar-refractivity contribution in [2.24, 2.45) is 5.73 Å². The van der Waals surface area contributed by atoms with E-state index in [9.17, 15) is 4.39 Å². The maximum atomic E-state index is 12.9. The van der Waals surface area contributed by atoms with Crippen LogP contribution in [0, 0.1) is 5.82 Å². The van der Waals surface area contributed by atoms with Gasteiger partial charge in [-0.15, -0.1) is 0 Å². The highest BCUT2D eigenvalue weighted by atomic mass is 79.9. The normalized spacial score (nSPS) is 10.1. The van der Waals surface area contributed by atoms with E-state index in [1.54, 1.807) is 24.4 Å². The number of pyridine rings is 1. The molecule has 3 N–H and O–H groups in total. The van der Waals surface area contributed by atoms with Gasteiger partial charge < -0.3 is 11.1 Å². The van der Waals surface area contributed by atoms with Crippen molar-refractivity contribution in [1.82, 2.24) is 4.98 Å². The lowest BCUT2D eigenvalue weighted by Gasteiger charge is -2.08. The van der Waals surface area contributed by atoms with Gasteiger partial charge in [0.1, 0.15) is 16.6 Å². The van der Waals surface area contributed by atoms with Crippen LogP contribution in [0.3, 0.4) is 0 Å². The molecule has 92 valence electrons. The SMILES string of the molecule is NC(=S)c1ccnc(Nc2ccc(F)cc2Br)c1. The molecule has 0 unspecified atom stereocenters. The van der Waals surface area contributed by atoms with Gasteiger partial charge in [-0.3, -0.25) is 0 Å². The van der Waals surface area contributed by atoms with Crippen molar-refractivity contribution >= 4 is 44.6 Å². The largest absolute Gasteiger partial charge is 0.389 e. The van der Waals surface area contributed by atoms with E-state index in [4.69, 9.17) is 18.0 Å². The fourth-order valence-corrected chi connectivity index (χ4v) is 1.96. The van der Waals surface area contributed by atoms with Crippen molar-refractivity contribution in [2.45, 2.75) is 0 Å². The molecule has 0 aliphatic carbocycles. The summed E-state index contributed by atoms with van der Waals surface area (Å²) in [4.78, 5) is 4.44. The maximum Gasteiger partial charge on any atom is 0.131 e. The van der Waals surface area contributed by atoms with Crippen LogP contribution in [0.1, 0.15) is 5.56 Å². The first kappa shape index (κ1) is 12.9. The minimum absolute atomic E-state index is 0.304. The number of thiocarbonyl (C=S) groups is 1. The molecule has 18 heavy (non-hydrogen) atoms. The minimum Gasteiger partial charge on any atom is -0.389 e. The Hall–Kier alpha value is -1.53. The molecule has 1 heterocycles. The van der Waals surface area contributed by atoms with Crippen molar-refractivity contribution in [3.63, 3.8) is 0 Å². The van der Waals surface area contributed by atoms with E-state index in [0.29, 0.717) is 21.0 Å². The lowest BCUT2D eigenvalue weighted by atomic mass is 10.2. The first-order valence-corrected chi connectivity index (χ1v) is 6.24. The Morgan fingerprint density at radius 3 is 2.78 bits per heavy atom. The second-order valence-corrected chi connectivity index (χ2v) is 4.84. The first-order chi connectivity index (χ1) is 8.56. The summed E-state index contributed by atoms with van der Waals surface area (Å²) in [5.41, 5.74) is 6.98. The number of anilines is 2. The number of aromatic nitrogens is 1. The summed E-state index contributed by atoms with van der Waals surface area (Å²) in [6, 6.07) is 7.82. The molecule has 0 aliphatic heterocycles. The molecule has 0 saturated heterocycles. The standard InChI is InChI=1S/C12H9BrFN3S/c13-9-6-8(14)1-2-10(9)17-11-5-7(12(15)18)3-4-16-11/h1-6H,(H2,15,18)(H,16,17). The fourth-order valence-electron chi connectivity index (χ4n) is 1.38. The molecule has 0 fully saturated rings. The molecule has 1 aromatic heterocycles. The van der Waals surface area contributed by atoms with Crippen LogP contribution in [-0.2, 0) is 0 Å². The molecular formula is C12H9BrFN3S. The molecule has 2 rings (SSSR count). The zero-order valence-electron chi connectivity index (χ0n) is 9.15. The molecule has 0 atom stereocenters. The molecular weight excluding hydrogens is 317 g/mol. The average molecular weight is 326 g/mol. The smallest absolute Gasteiger partial charge is 0.131 e. The molecule has 0 saturated carbocycles. The summed E-state index contributed by atoms with van der Waals surface area (Å²) in [6.07, 6.45) is 1.61. The third-order valence-corrected chi connectivity index (χ3v) is 3.13. The Kier molecular flexibility index (Phi) is 3.88. The number of nitrogens with two attached hydrogens (primary N) is 1. The molecule has 2 aromatic rings. The second kappa shape index (κ2) is 5.41. The van der Waals surface area contributed by atoms with Crippen LogP contribution in [0.5, 0.6) is 0 Å². The van der Waals surface area contributed by atoms with Crippen LogP contribution in [0.2, 0.25) is 0 Å². The van der Waals surface area contributed by atoms with Gasteiger partial charge in [0.25, 0.3) is 0 Å². The quantitative estimate of drug-likeness (QED) is 0.849. The molecule has 0 spiro atoms. The minimum atomic E-state index is -0.308. The van der Waals surface area contributed by atoms with Crippen molar-refractivity contribution < 1.29 is 4.39 Å². The monoisotopic (exact) mass is 325 g/mol. The van der Waals surface area contributed by atoms with E-state index in [0.717, 1.165) is 5.56 Å². The van der Waals surface area contributed by atoms with Crippen LogP contribution in [0.4, 0.5) is 15.9 Å². The average Bonchev–Trinajstić information content (AvgIpc) is 2.33. The van der Waals surface area contributed by atoms with Crippen molar-refractivity contribution in [1.29, 1.82) is 0 Å². The van der Waals surface area contributed by atoms with Crippen molar-refractivity contribution in [3.8, 4) is 0 Å². The van der Waals surface area contributed by atoms with Crippen LogP contribution in [0.25, 0.3) is 0 Å². The third kappa shape index (κ3) is 3.02. The number of hydrogen-bond donors (Lipinski definition) is 2. The number of hydrogen-bond acceptors (Lipinski definition) is 3. The maximum absolute atomic E-state index is 12.9. The highest BCUT2D eigenvalue weighted by Crippen LogP contribution is 2.25. The number of benzene rings is 1. The van der Waals surface area contributed by atoms with Gasteiger partial charge in [0.15, 0.2) is 0 Å². The summed E-state index contributed by atoms with van der Waals surface area (Å²) < 4.78 is 13.6. The van der Waals surface area contributed by atoms with Gasteiger partial charge in [-0.05, 0) is 46.3 Å². The van der Waals surface area contributed by atoms with E-state index in [1.165, 1.54) is 12.1 Å². The molecule has 0 bridgehead atoms. The molecule has 0 radical (unpaired) electrons. The number of nitrogens with zero attached hydrogens (tertiary/aromatic N) is 1. The Bertz CT molecular complexity index is 604. The van der Waals surface area contributed by atoms with Crippen LogP contribution in [0.15, 0.2) is 41.0 Å². The zero-order chi connectivity index (χ0) is 13.1. The van der Waals surface area contributed by atoms with Crippen molar-refractivity contribution in [3.05, 3.63) is 52.4 Å². The predicted molar refractivity (Wildman–Crippen MR) is 77.5 cm³/mol. The lowest BCUT2D eigenvalue weighted by molar-refractivity contribution is 0.627. The van der Waals surface area contributed by atoms with Gasteiger partial charge in [-0.1, -0.05) is 12.2 Å². The predicted octanol–water partition coefficient (Wildman–Crippen LogP) is 3.36. The Labute approximate surface area is 117 Å². The Balaban J connectivity index is 2.28. The second-order valence-electron chi connectivity index (χ2n) is 3.54. The van der Waals surface area contributed by atoms with Gasteiger partial charge in [0, 0.05) is 16.2 Å². The van der Waals surface area contributed by atoms with Crippen molar-refractivity contribution in [2.75, 3.05) is 5.32 Å². The summed E-state index contributed by atoms with van der Waals surface area (Å²) in [6.45, 7) is 0. The molecule has 6 heteroatoms. The van der Waals surface area contributed by atoms with E-state index in [2.05, 4.69) is 26.2 Å². The van der Waals surface area contributed by atoms with Gasteiger partial charge in [-0.2, -0.15) is 0 Å². The van der Waals surface area contributed by atoms with E-state index < -0.39 is 0 Å². The Morgan fingerprint density at radius 2 is 2.11 bits per heavy atom. The fraction of sp³-hybridized carbons (Fsp3) is 0. The summed E-state index contributed by atoms with van der Waals surface area (Å²) >= 11 is 8.16. The van der Waals surface area contributed by atoms with Crippen LogP contribution in [-0.4, -0.2) is 9.97 Å². The zero-order valence-corrected chi connectivity index (χ0v) is 11.6. The lowest BCUT2D eigenvalue weighted by Crippen LogP contribution is -2.09. The van der Waals surface area contributed by atoms with E-state index in [-0.39, 0.29) is 5.82 Å². The molecule has 0 aliphatic rings. The molecule has 3 nitrogen and oxygen atoms in total. The number of nitrogens with one attached hydrogen (secondary N) is 1. The molecule has 1 aromatic carbocycles. The van der Waals surface area contributed by atoms with Gasteiger partial charge in [-0.25, -0.2) is 9.37 Å². The van der Waals surface area contributed by atoms with Crippen LogP contribution >= 0.6 is 28.1 Å². The molecule has 0 amide bonds. The Morgan fingerprint density at radius 1 is 1.33 bits per heavy atom. The summed E-state index contributed by atoms with van der Waals surface area (Å²) in [5, 5.41) is 3.05. The topological polar surface area (TPSA) is 50.9 Å². The van der Waals surface area contributed by atoms with Gasteiger partial charge in [0.2, 0.25) is 0 Å². The summed E-state index contributed by atoms with van der Waals surface area (Å²) in [7, 11) is 0. The van der Waals surface area contributed by atoms with Gasteiger partial charge in [0.05, 0.1) is 5.69 Å².